The lowest BCUT2D eigenvalue weighted by Gasteiger charge is -1.99. The molecule has 0 aliphatic heterocycles. The molecule has 0 saturated heterocycles. The Morgan fingerprint density at radius 1 is 1.67 bits per heavy atom. The smallest absolute Gasteiger partial charge is 0.164 e. The van der Waals surface area contributed by atoms with E-state index in [1.165, 1.54) is 0 Å². The molecule has 0 bridgehead atoms. The molecule has 2 nitrogen and oxygen atoms in total. The van der Waals surface area contributed by atoms with Crippen molar-refractivity contribution < 1.29 is 4.42 Å². The average molecular weight is 342 g/mol. The quantitative estimate of drug-likeness (QED) is 0.852. The predicted molar refractivity (Wildman–Crippen MR) is 61.2 cm³/mol. The fraction of sp³-hybridized carbons (Fsp3) is 0.250. The van der Waals surface area contributed by atoms with Crippen LogP contribution in [0.2, 0.25) is 0 Å². The zero-order valence-corrected chi connectivity index (χ0v) is 10.2. The minimum Gasteiger partial charge on any atom is -0.454 e. The molecule has 0 fully saturated rings. The highest BCUT2D eigenvalue weighted by Crippen LogP contribution is 2.09. The van der Waals surface area contributed by atoms with E-state index in [0.717, 1.165) is 27.1 Å². The summed E-state index contributed by atoms with van der Waals surface area (Å²) in [5.74, 6) is 0.952. The Bertz CT molecular complexity index is 272. The molecule has 0 unspecified atom stereocenters. The third kappa shape index (κ3) is 3.73. The fourth-order valence-electron chi connectivity index (χ4n) is 0.768. The highest BCUT2D eigenvalue weighted by molar-refractivity contribution is 14.1. The van der Waals surface area contributed by atoms with E-state index in [1.54, 1.807) is 0 Å². The van der Waals surface area contributed by atoms with Gasteiger partial charge in [-0.3, -0.25) is 0 Å². The number of furan rings is 1. The summed E-state index contributed by atoms with van der Waals surface area (Å²) < 4.78 is 7.21. The second-order valence-corrected chi connectivity index (χ2v) is 4.51. The lowest BCUT2D eigenvalue weighted by molar-refractivity contribution is 0.469. The van der Waals surface area contributed by atoms with Gasteiger partial charge in [0.2, 0.25) is 0 Å². The Morgan fingerprint density at radius 2 is 2.42 bits per heavy atom. The monoisotopic (exact) mass is 341 g/mol. The second-order valence-electron chi connectivity index (χ2n) is 2.33. The summed E-state index contributed by atoms with van der Waals surface area (Å²) in [5.41, 5.74) is 0. The van der Waals surface area contributed by atoms with Crippen LogP contribution in [-0.2, 0) is 6.54 Å². The Labute approximate surface area is 93.7 Å². The van der Waals surface area contributed by atoms with Crippen LogP contribution >= 0.6 is 38.5 Å². The summed E-state index contributed by atoms with van der Waals surface area (Å²) >= 11 is 5.41. The van der Waals surface area contributed by atoms with Crippen molar-refractivity contribution in [1.82, 2.24) is 5.32 Å². The van der Waals surface area contributed by atoms with E-state index in [0.29, 0.717) is 0 Å². The van der Waals surface area contributed by atoms with Crippen molar-refractivity contribution in [2.24, 2.45) is 0 Å². The van der Waals surface area contributed by atoms with Gasteiger partial charge < -0.3 is 9.73 Å². The molecule has 1 rings (SSSR count). The van der Waals surface area contributed by atoms with E-state index in [-0.39, 0.29) is 0 Å². The molecule has 12 heavy (non-hydrogen) atoms. The Hall–Kier alpha value is 0.190. The molecule has 0 amide bonds. The van der Waals surface area contributed by atoms with E-state index < -0.39 is 0 Å². The largest absolute Gasteiger partial charge is 0.454 e. The summed E-state index contributed by atoms with van der Waals surface area (Å²) in [4.78, 5) is 0. The highest BCUT2D eigenvalue weighted by atomic mass is 127. The maximum atomic E-state index is 5.34. The summed E-state index contributed by atoms with van der Waals surface area (Å²) in [7, 11) is 0. The van der Waals surface area contributed by atoms with Gasteiger partial charge in [0.05, 0.1) is 6.54 Å². The van der Waals surface area contributed by atoms with Crippen molar-refractivity contribution >= 4 is 38.5 Å². The number of rotatable bonds is 4. The van der Waals surface area contributed by atoms with Crippen LogP contribution in [0.25, 0.3) is 0 Å². The average Bonchev–Trinajstić information content (AvgIpc) is 2.35. The molecule has 0 atom stereocenters. The summed E-state index contributed by atoms with van der Waals surface area (Å²) in [6.07, 6.45) is 0. The Balaban J connectivity index is 2.29. The molecular formula is C8H9BrINO. The number of nitrogens with one attached hydrogen (secondary N) is 1. The molecule has 0 aliphatic rings. The molecule has 1 aromatic rings. The molecule has 1 N–H and O–H groups in total. The fourth-order valence-corrected chi connectivity index (χ4v) is 1.43. The summed E-state index contributed by atoms with van der Waals surface area (Å²) in [5, 5.41) is 3.17. The van der Waals surface area contributed by atoms with Gasteiger partial charge in [-0.15, -0.1) is 0 Å². The Morgan fingerprint density at radius 3 is 2.92 bits per heavy atom. The summed E-state index contributed by atoms with van der Waals surface area (Å²) in [6.45, 7) is 5.22. The van der Waals surface area contributed by atoms with Crippen LogP contribution in [0.5, 0.6) is 0 Å². The minimum atomic E-state index is 0.744. The van der Waals surface area contributed by atoms with Gasteiger partial charge in [0.1, 0.15) is 5.76 Å². The molecule has 66 valence electrons. The third-order valence-corrected chi connectivity index (χ3v) is 2.11. The molecule has 4 heteroatoms. The molecule has 0 saturated carbocycles. The van der Waals surface area contributed by atoms with Crippen LogP contribution in [0.1, 0.15) is 5.76 Å². The SMILES string of the molecule is C=C(Br)CNCc1ccc(I)o1. The molecule has 0 aromatic carbocycles. The van der Waals surface area contributed by atoms with Crippen molar-refractivity contribution in [2.75, 3.05) is 6.54 Å². The van der Waals surface area contributed by atoms with Gasteiger partial charge >= 0.3 is 0 Å². The number of halogens is 2. The van der Waals surface area contributed by atoms with Crippen molar-refractivity contribution in [3.63, 3.8) is 0 Å². The molecule has 0 radical (unpaired) electrons. The molecule has 1 heterocycles. The zero-order chi connectivity index (χ0) is 8.97. The van der Waals surface area contributed by atoms with Crippen LogP contribution in [0.4, 0.5) is 0 Å². The van der Waals surface area contributed by atoms with Crippen LogP contribution in [0, 0.1) is 3.77 Å². The number of hydrogen-bond donors (Lipinski definition) is 1. The first kappa shape index (κ1) is 10.3. The number of hydrogen-bond acceptors (Lipinski definition) is 2. The van der Waals surface area contributed by atoms with E-state index in [9.17, 15) is 0 Å². The van der Waals surface area contributed by atoms with E-state index in [2.05, 4.69) is 50.4 Å². The van der Waals surface area contributed by atoms with Gasteiger partial charge in [0, 0.05) is 11.0 Å². The van der Waals surface area contributed by atoms with Gasteiger partial charge in [-0.25, -0.2) is 0 Å². The zero-order valence-electron chi connectivity index (χ0n) is 6.44. The predicted octanol–water partition coefficient (Wildman–Crippen LogP) is 2.88. The van der Waals surface area contributed by atoms with E-state index >= 15 is 0 Å². The van der Waals surface area contributed by atoms with Crippen LogP contribution in [0.15, 0.2) is 27.6 Å². The van der Waals surface area contributed by atoms with Gasteiger partial charge in [0.25, 0.3) is 0 Å². The van der Waals surface area contributed by atoms with Crippen molar-refractivity contribution in [2.45, 2.75) is 6.54 Å². The topological polar surface area (TPSA) is 25.2 Å². The first-order chi connectivity index (χ1) is 5.68. The maximum absolute atomic E-state index is 5.34. The molecule has 0 spiro atoms. The van der Waals surface area contributed by atoms with Gasteiger partial charge in [0.15, 0.2) is 3.77 Å². The normalized spacial score (nSPS) is 10.2. The minimum absolute atomic E-state index is 0.744. The Kier molecular flexibility index (Phi) is 4.31. The third-order valence-electron chi connectivity index (χ3n) is 1.24. The maximum Gasteiger partial charge on any atom is 0.164 e. The standard InChI is InChI=1S/C8H9BrINO/c1-6(9)4-11-5-7-2-3-8(10)12-7/h2-3,11H,1,4-5H2. The van der Waals surface area contributed by atoms with Crippen LogP contribution in [0.3, 0.4) is 0 Å². The second kappa shape index (κ2) is 5.04. The molecular weight excluding hydrogens is 333 g/mol. The van der Waals surface area contributed by atoms with Gasteiger partial charge in [-0.1, -0.05) is 22.5 Å². The molecule has 1 aromatic heterocycles. The lowest BCUT2D eigenvalue weighted by atomic mass is 10.4. The van der Waals surface area contributed by atoms with Crippen LogP contribution < -0.4 is 5.32 Å². The molecule has 0 aliphatic carbocycles. The van der Waals surface area contributed by atoms with Crippen LogP contribution in [-0.4, -0.2) is 6.54 Å². The van der Waals surface area contributed by atoms with Crippen molar-refractivity contribution in [3.05, 3.63) is 32.7 Å². The highest BCUT2D eigenvalue weighted by Gasteiger charge is 1.97. The first-order valence-electron chi connectivity index (χ1n) is 3.46. The van der Waals surface area contributed by atoms with Gasteiger partial charge in [-0.2, -0.15) is 0 Å². The first-order valence-corrected chi connectivity index (χ1v) is 5.34. The van der Waals surface area contributed by atoms with Gasteiger partial charge in [-0.05, 0) is 34.7 Å². The van der Waals surface area contributed by atoms with Crippen molar-refractivity contribution in [3.8, 4) is 0 Å². The van der Waals surface area contributed by atoms with E-state index in [1.807, 2.05) is 12.1 Å². The summed E-state index contributed by atoms with van der Waals surface area (Å²) in [6, 6.07) is 3.91. The lowest BCUT2D eigenvalue weighted by Crippen LogP contribution is -2.13. The van der Waals surface area contributed by atoms with E-state index in [4.69, 9.17) is 4.42 Å². The van der Waals surface area contributed by atoms with Crippen molar-refractivity contribution in [1.29, 1.82) is 0 Å².